The second-order valence-corrected chi connectivity index (χ2v) is 2.27. The lowest BCUT2D eigenvalue weighted by Crippen LogP contribution is -2.19. The van der Waals surface area contributed by atoms with Crippen LogP contribution in [0.15, 0.2) is 18.3 Å². The van der Waals surface area contributed by atoms with Crippen molar-refractivity contribution in [2.75, 3.05) is 0 Å². The lowest BCUT2D eigenvalue weighted by Gasteiger charge is -2.09. The SMILES string of the molecule is NC(=O)Oc1ncccc1C(F)(F)F. The van der Waals surface area contributed by atoms with E-state index in [1.54, 1.807) is 0 Å². The van der Waals surface area contributed by atoms with Gasteiger partial charge in [-0.25, -0.2) is 9.78 Å². The van der Waals surface area contributed by atoms with E-state index in [0.717, 1.165) is 18.3 Å². The van der Waals surface area contributed by atoms with E-state index >= 15 is 0 Å². The summed E-state index contributed by atoms with van der Waals surface area (Å²) in [4.78, 5) is 13.5. The summed E-state index contributed by atoms with van der Waals surface area (Å²) in [7, 11) is 0. The van der Waals surface area contributed by atoms with Crippen LogP contribution in [-0.4, -0.2) is 11.1 Å². The van der Waals surface area contributed by atoms with E-state index in [-0.39, 0.29) is 0 Å². The minimum Gasteiger partial charge on any atom is -0.391 e. The Labute approximate surface area is 76.5 Å². The van der Waals surface area contributed by atoms with Gasteiger partial charge in [-0.05, 0) is 12.1 Å². The first-order valence-electron chi connectivity index (χ1n) is 3.41. The molecule has 0 aliphatic carbocycles. The number of carbonyl (C=O) groups is 1. The van der Waals surface area contributed by atoms with Crippen LogP contribution in [-0.2, 0) is 6.18 Å². The molecule has 0 spiro atoms. The van der Waals surface area contributed by atoms with Crippen LogP contribution in [0.4, 0.5) is 18.0 Å². The molecule has 1 heterocycles. The zero-order valence-electron chi connectivity index (χ0n) is 6.71. The Morgan fingerprint density at radius 1 is 1.50 bits per heavy atom. The number of ether oxygens (including phenoxy) is 1. The maximum atomic E-state index is 12.2. The lowest BCUT2D eigenvalue weighted by atomic mass is 10.2. The minimum atomic E-state index is -4.63. The molecule has 76 valence electrons. The molecule has 1 rings (SSSR count). The number of nitrogens with two attached hydrogens (primary N) is 1. The third-order valence-corrected chi connectivity index (χ3v) is 1.27. The summed E-state index contributed by atoms with van der Waals surface area (Å²) in [5, 5.41) is 0. The van der Waals surface area contributed by atoms with Gasteiger partial charge in [-0.15, -0.1) is 0 Å². The zero-order valence-corrected chi connectivity index (χ0v) is 6.71. The van der Waals surface area contributed by atoms with Crippen LogP contribution in [0.2, 0.25) is 0 Å². The van der Waals surface area contributed by atoms with Crippen molar-refractivity contribution in [3.63, 3.8) is 0 Å². The van der Waals surface area contributed by atoms with Gasteiger partial charge in [0.1, 0.15) is 5.56 Å². The van der Waals surface area contributed by atoms with Gasteiger partial charge in [0.05, 0.1) is 0 Å². The summed E-state index contributed by atoms with van der Waals surface area (Å²) in [6.07, 6.45) is -4.90. The molecule has 1 aromatic rings. The molecule has 7 heteroatoms. The maximum absolute atomic E-state index is 12.2. The van der Waals surface area contributed by atoms with Gasteiger partial charge < -0.3 is 10.5 Å². The van der Waals surface area contributed by atoms with E-state index < -0.39 is 23.7 Å². The Morgan fingerprint density at radius 3 is 2.64 bits per heavy atom. The standard InChI is InChI=1S/C7H5F3N2O2/c8-7(9,10)4-2-1-3-12-5(4)14-6(11)13/h1-3H,(H2,11,13). The number of nitrogens with zero attached hydrogens (tertiary/aromatic N) is 1. The molecule has 0 atom stereocenters. The number of amides is 1. The molecular weight excluding hydrogens is 201 g/mol. The number of carbonyl (C=O) groups excluding carboxylic acids is 1. The van der Waals surface area contributed by atoms with E-state index in [9.17, 15) is 18.0 Å². The summed E-state index contributed by atoms with van der Waals surface area (Å²) >= 11 is 0. The summed E-state index contributed by atoms with van der Waals surface area (Å²) in [6, 6.07) is 1.82. The average Bonchev–Trinajstić information content (AvgIpc) is 2.01. The first kappa shape index (κ1) is 10.3. The highest BCUT2D eigenvalue weighted by Gasteiger charge is 2.35. The van der Waals surface area contributed by atoms with Gasteiger partial charge in [0.15, 0.2) is 0 Å². The Bertz CT molecular complexity index is 351. The van der Waals surface area contributed by atoms with E-state index in [4.69, 9.17) is 0 Å². The van der Waals surface area contributed by atoms with Crippen molar-refractivity contribution in [1.82, 2.24) is 4.98 Å². The van der Waals surface area contributed by atoms with Crippen LogP contribution < -0.4 is 10.5 Å². The normalized spacial score (nSPS) is 11.1. The van der Waals surface area contributed by atoms with E-state index in [1.165, 1.54) is 0 Å². The molecule has 4 nitrogen and oxygen atoms in total. The molecule has 1 aromatic heterocycles. The van der Waals surface area contributed by atoms with Crippen molar-refractivity contribution in [2.24, 2.45) is 5.73 Å². The molecular formula is C7H5F3N2O2. The Balaban J connectivity index is 3.10. The van der Waals surface area contributed by atoms with Crippen LogP contribution in [0.3, 0.4) is 0 Å². The third kappa shape index (κ3) is 2.35. The smallest absolute Gasteiger partial charge is 0.391 e. The summed E-state index contributed by atoms with van der Waals surface area (Å²) in [5.41, 5.74) is 3.43. The summed E-state index contributed by atoms with van der Waals surface area (Å²) < 4.78 is 40.8. The molecule has 14 heavy (non-hydrogen) atoms. The highest BCUT2D eigenvalue weighted by atomic mass is 19.4. The second-order valence-electron chi connectivity index (χ2n) is 2.27. The van der Waals surface area contributed by atoms with Gasteiger partial charge in [-0.1, -0.05) is 0 Å². The molecule has 0 aromatic carbocycles. The fourth-order valence-electron chi connectivity index (χ4n) is 0.783. The highest BCUT2D eigenvalue weighted by molar-refractivity contribution is 5.67. The van der Waals surface area contributed by atoms with Gasteiger partial charge in [0.2, 0.25) is 5.88 Å². The fraction of sp³-hybridized carbons (Fsp3) is 0.143. The lowest BCUT2D eigenvalue weighted by molar-refractivity contribution is -0.138. The number of hydrogen-bond donors (Lipinski definition) is 1. The van der Waals surface area contributed by atoms with Crippen LogP contribution in [0, 0.1) is 0 Å². The molecule has 0 saturated heterocycles. The third-order valence-electron chi connectivity index (χ3n) is 1.27. The molecule has 0 radical (unpaired) electrons. The van der Waals surface area contributed by atoms with E-state index in [0.29, 0.717) is 0 Å². The van der Waals surface area contributed by atoms with E-state index in [2.05, 4.69) is 15.5 Å². The van der Waals surface area contributed by atoms with Gasteiger partial charge in [-0.3, -0.25) is 0 Å². The van der Waals surface area contributed by atoms with Crippen molar-refractivity contribution in [3.05, 3.63) is 23.9 Å². The number of hydrogen-bond acceptors (Lipinski definition) is 3. The number of pyridine rings is 1. The summed E-state index contributed by atoms with van der Waals surface area (Å²) in [6.45, 7) is 0. The Morgan fingerprint density at radius 2 is 2.14 bits per heavy atom. The first-order valence-corrected chi connectivity index (χ1v) is 3.41. The molecule has 0 fully saturated rings. The zero-order chi connectivity index (χ0) is 10.8. The van der Waals surface area contributed by atoms with Gasteiger partial charge in [-0.2, -0.15) is 13.2 Å². The molecule has 0 unspecified atom stereocenters. The summed E-state index contributed by atoms with van der Waals surface area (Å²) in [5.74, 6) is -0.840. The van der Waals surface area contributed by atoms with Gasteiger partial charge >= 0.3 is 12.3 Å². The molecule has 0 saturated carbocycles. The fourth-order valence-corrected chi connectivity index (χ4v) is 0.783. The molecule has 0 bridgehead atoms. The number of primary amides is 1. The predicted octanol–water partition coefficient (Wildman–Crippen LogP) is 1.56. The van der Waals surface area contributed by atoms with Crippen LogP contribution >= 0.6 is 0 Å². The van der Waals surface area contributed by atoms with Crippen LogP contribution in [0.1, 0.15) is 5.56 Å². The first-order chi connectivity index (χ1) is 6.41. The van der Waals surface area contributed by atoms with Gasteiger partial charge in [0.25, 0.3) is 0 Å². The molecule has 2 N–H and O–H groups in total. The van der Waals surface area contributed by atoms with Crippen molar-refractivity contribution in [1.29, 1.82) is 0 Å². The molecule has 1 amide bonds. The van der Waals surface area contributed by atoms with E-state index in [1.807, 2.05) is 0 Å². The predicted molar refractivity (Wildman–Crippen MR) is 39.5 cm³/mol. The van der Waals surface area contributed by atoms with Crippen molar-refractivity contribution >= 4 is 6.09 Å². The van der Waals surface area contributed by atoms with Crippen molar-refractivity contribution in [2.45, 2.75) is 6.18 Å². The largest absolute Gasteiger partial charge is 0.421 e. The monoisotopic (exact) mass is 206 g/mol. The highest BCUT2D eigenvalue weighted by Crippen LogP contribution is 2.34. The van der Waals surface area contributed by atoms with Gasteiger partial charge in [0, 0.05) is 6.20 Å². The topological polar surface area (TPSA) is 65.2 Å². The number of halogens is 3. The maximum Gasteiger partial charge on any atom is 0.421 e. The van der Waals surface area contributed by atoms with Crippen LogP contribution in [0.5, 0.6) is 5.88 Å². The average molecular weight is 206 g/mol. The Kier molecular flexibility index (Phi) is 2.59. The van der Waals surface area contributed by atoms with Crippen molar-refractivity contribution in [3.8, 4) is 5.88 Å². The molecule has 0 aliphatic heterocycles. The number of rotatable bonds is 1. The van der Waals surface area contributed by atoms with Crippen molar-refractivity contribution < 1.29 is 22.7 Å². The number of aromatic nitrogens is 1. The van der Waals surface area contributed by atoms with Crippen LogP contribution in [0.25, 0.3) is 0 Å². The number of alkyl halides is 3. The quantitative estimate of drug-likeness (QED) is 0.758. The minimum absolute atomic E-state index is 0.741. The Hall–Kier alpha value is -1.79. The second kappa shape index (κ2) is 3.52. The molecule has 0 aliphatic rings.